The van der Waals surface area contributed by atoms with Crippen LogP contribution in [0.4, 0.5) is 0 Å². The molecule has 1 aliphatic rings. The highest BCUT2D eigenvalue weighted by Gasteiger charge is 2.18. The Morgan fingerprint density at radius 3 is 3.08 bits per heavy atom. The predicted molar refractivity (Wildman–Crippen MR) is 103 cm³/mol. The number of carbonyl (C=O) groups is 1. The molecule has 8 heteroatoms. The smallest absolute Gasteiger partial charge is 0.253 e. The molecule has 0 aliphatic carbocycles. The average molecular weight is 420 g/mol. The molecule has 1 aliphatic heterocycles. The van der Waals surface area contributed by atoms with Crippen LogP contribution in [0.2, 0.25) is 0 Å². The first-order valence-electron chi connectivity index (χ1n) is 8.30. The zero-order chi connectivity index (χ0) is 17.2. The number of halogens is 1. The lowest BCUT2D eigenvalue weighted by atomic mass is 10.00. The SMILES string of the molecule is O=C(NC[C@@H]1CCCNC1)c1ccnc2[nH]c(-c3ccc(Br)s3)nc12. The summed E-state index contributed by atoms with van der Waals surface area (Å²) < 4.78 is 1.04. The summed E-state index contributed by atoms with van der Waals surface area (Å²) in [6.07, 6.45) is 3.96. The number of rotatable bonds is 4. The van der Waals surface area contributed by atoms with E-state index in [4.69, 9.17) is 0 Å². The van der Waals surface area contributed by atoms with E-state index < -0.39 is 0 Å². The first-order chi connectivity index (χ1) is 12.2. The van der Waals surface area contributed by atoms with Crippen LogP contribution in [0.1, 0.15) is 23.2 Å². The number of carbonyl (C=O) groups excluding carboxylic acids is 1. The van der Waals surface area contributed by atoms with Crippen molar-refractivity contribution in [2.24, 2.45) is 5.92 Å². The molecule has 3 aromatic rings. The van der Waals surface area contributed by atoms with Gasteiger partial charge in [0.15, 0.2) is 5.65 Å². The van der Waals surface area contributed by atoms with Crippen molar-refractivity contribution in [3.63, 3.8) is 0 Å². The highest BCUT2D eigenvalue weighted by atomic mass is 79.9. The van der Waals surface area contributed by atoms with Crippen molar-refractivity contribution >= 4 is 44.3 Å². The van der Waals surface area contributed by atoms with Gasteiger partial charge in [-0.05, 0) is 66.0 Å². The highest BCUT2D eigenvalue weighted by Crippen LogP contribution is 2.30. The molecule has 4 rings (SSSR count). The third-order valence-corrected chi connectivity index (χ3v) is 6.02. The maximum atomic E-state index is 12.6. The van der Waals surface area contributed by atoms with E-state index in [0.717, 1.165) is 34.0 Å². The van der Waals surface area contributed by atoms with E-state index in [9.17, 15) is 4.79 Å². The van der Waals surface area contributed by atoms with E-state index in [2.05, 4.69) is 41.5 Å². The number of nitrogens with zero attached hydrogens (tertiary/aromatic N) is 2. The van der Waals surface area contributed by atoms with E-state index in [1.54, 1.807) is 23.6 Å². The minimum atomic E-state index is -0.0941. The van der Waals surface area contributed by atoms with Crippen molar-refractivity contribution < 1.29 is 4.79 Å². The fraction of sp³-hybridized carbons (Fsp3) is 0.353. The molecule has 0 spiro atoms. The molecule has 1 fully saturated rings. The van der Waals surface area contributed by atoms with Crippen LogP contribution in [0.25, 0.3) is 21.9 Å². The van der Waals surface area contributed by atoms with E-state index in [0.29, 0.717) is 29.2 Å². The molecule has 1 saturated heterocycles. The summed E-state index contributed by atoms with van der Waals surface area (Å²) in [6.45, 7) is 2.72. The van der Waals surface area contributed by atoms with Crippen molar-refractivity contribution in [3.8, 4) is 10.7 Å². The Morgan fingerprint density at radius 1 is 1.40 bits per heavy atom. The van der Waals surface area contributed by atoms with Gasteiger partial charge in [0.25, 0.3) is 5.91 Å². The van der Waals surface area contributed by atoms with Gasteiger partial charge in [-0.15, -0.1) is 11.3 Å². The van der Waals surface area contributed by atoms with Crippen LogP contribution in [-0.2, 0) is 0 Å². The molecule has 3 N–H and O–H groups in total. The summed E-state index contributed by atoms with van der Waals surface area (Å²) in [4.78, 5) is 25.8. The number of hydrogen-bond acceptors (Lipinski definition) is 5. The first-order valence-corrected chi connectivity index (χ1v) is 9.91. The van der Waals surface area contributed by atoms with Crippen molar-refractivity contribution in [3.05, 3.63) is 33.7 Å². The van der Waals surface area contributed by atoms with Gasteiger partial charge < -0.3 is 15.6 Å². The van der Waals surface area contributed by atoms with E-state index >= 15 is 0 Å². The second kappa shape index (κ2) is 7.23. The number of H-pyrrole nitrogens is 1. The molecule has 0 aromatic carbocycles. The molecule has 0 saturated carbocycles. The lowest BCUT2D eigenvalue weighted by Gasteiger charge is -2.22. The number of pyridine rings is 1. The summed E-state index contributed by atoms with van der Waals surface area (Å²) in [5.41, 5.74) is 1.81. The van der Waals surface area contributed by atoms with E-state index in [1.165, 1.54) is 6.42 Å². The number of nitrogens with one attached hydrogen (secondary N) is 3. The van der Waals surface area contributed by atoms with Gasteiger partial charge in [0.1, 0.15) is 11.3 Å². The summed E-state index contributed by atoms with van der Waals surface area (Å²) in [6, 6.07) is 5.69. The number of amides is 1. The van der Waals surface area contributed by atoms with Gasteiger partial charge in [-0.3, -0.25) is 4.79 Å². The van der Waals surface area contributed by atoms with Gasteiger partial charge in [0, 0.05) is 12.7 Å². The molecule has 130 valence electrons. The number of imidazole rings is 1. The Labute approximate surface area is 157 Å². The average Bonchev–Trinajstić information content (AvgIpc) is 3.26. The second-order valence-electron chi connectivity index (χ2n) is 6.17. The maximum absolute atomic E-state index is 12.6. The number of aromatic amines is 1. The van der Waals surface area contributed by atoms with Crippen LogP contribution < -0.4 is 10.6 Å². The largest absolute Gasteiger partial charge is 0.352 e. The zero-order valence-electron chi connectivity index (χ0n) is 13.5. The Hall–Kier alpha value is -1.77. The lowest BCUT2D eigenvalue weighted by Crippen LogP contribution is -2.38. The Balaban J connectivity index is 1.56. The van der Waals surface area contributed by atoms with Gasteiger partial charge in [-0.25, -0.2) is 9.97 Å². The Morgan fingerprint density at radius 2 is 2.32 bits per heavy atom. The van der Waals surface area contributed by atoms with Crippen LogP contribution in [0.3, 0.4) is 0 Å². The second-order valence-corrected chi connectivity index (χ2v) is 8.63. The number of aromatic nitrogens is 3. The highest BCUT2D eigenvalue weighted by molar-refractivity contribution is 9.11. The van der Waals surface area contributed by atoms with Crippen molar-refractivity contribution in [2.75, 3.05) is 19.6 Å². The maximum Gasteiger partial charge on any atom is 0.253 e. The van der Waals surface area contributed by atoms with Gasteiger partial charge >= 0.3 is 0 Å². The number of fused-ring (bicyclic) bond motifs is 1. The minimum absolute atomic E-state index is 0.0941. The predicted octanol–water partition coefficient (Wildman–Crippen LogP) is 3.18. The molecule has 1 atom stereocenters. The Bertz CT molecular complexity index is 899. The molecule has 0 radical (unpaired) electrons. The summed E-state index contributed by atoms with van der Waals surface area (Å²) in [5.74, 6) is 1.13. The van der Waals surface area contributed by atoms with Crippen molar-refractivity contribution in [1.82, 2.24) is 25.6 Å². The van der Waals surface area contributed by atoms with Crippen LogP contribution >= 0.6 is 27.3 Å². The first kappa shape index (κ1) is 16.7. The number of hydrogen-bond donors (Lipinski definition) is 3. The van der Waals surface area contributed by atoms with Crippen LogP contribution in [0, 0.1) is 5.92 Å². The molecular weight excluding hydrogens is 402 g/mol. The van der Waals surface area contributed by atoms with Crippen LogP contribution in [0.5, 0.6) is 0 Å². The lowest BCUT2D eigenvalue weighted by molar-refractivity contribution is 0.0946. The third-order valence-electron chi connectivity index (χ3n) is 4.39. The third kappa shape index (κ3) is 3.61. The van der Waals surface area contributed by atoms with Gasteiger partial charge in [-0.1, -0.05) is 0 Å². The molecule has 0 bridgehead atoms. The normalized spacial score (nSPS) is 17.7. The fourth-order valence-corrected chi connectivity index (χ4v) is 4.41. The quantitative estimate of drug-likeness (QED) is 0.606. The van der Waals surface area contributed by atoms with Crippen LogP contribution in [0.15, 0.2) is 28.2 Å². The Kier molecular flexibility index (Phi) is 4.82. The molecule has 25 heavy (non-hydrogen) atoms. The number of piperidine rings is 1. The monoisotopic (exact) mass is 419 g/mol. The van der Waals surface area contributed by atoms with Gasteiger partial charge in [0.05, 0.1) is 14.2 Å². The molecule has 0 unspecified atom stereocenters. The standard InChI is InChI=1S/C17H18BrN5OS/c18-13-4-3-12(25-13)15-22-14-11(5-7-20-16(14)23-15)17(24)21-9-10-2-1-6-19-8-10/h3-5,7,10,19H,1-2,6,8-9H2,(H,21,24)(H,20,22,23)/t10-/m1/s1. The minimum Gasteiger partial charge on any atom is -0.352 e. The van der Waals surface area contributed by atoms with Crippen LogP contribution in [-0.4, -0.2) is 40.5 Å². The van der Waals surface area contributed by atoms with Crippen molar-refractivity contribution in [2.45, 2.75) is 12.8 Å². The molecule has 4 heterocycles. The number of thiophene rings is 1. The summed E-state index contributed by atoms with van der Waals surface area (Å²) >= 11 is 5.05. The summed E-state index contributed by atoms with van der Waals surface area (Å²) in [5, 5.41) is 6.42. The van der Waals surface area contributed by atoms with Gasteiger partial charge in [-0.2, -0.15) is 0 Å². The van der Waals surface area contributed by atoms with Crippen molar-refractivity contribution in [1.29, 1.82) is 0 Å². The summed E-state index contributed by atoms with van der Waals surface area (Å²) in [7, 11) is 0. The topological polar surface area (TPSA) is 82.7 Å². The molecule has 1 amide bonds. The van der Waals surface area contributed by atoms with E-state index in [-0.39, 0.29) is 5.91 Å². The molecule has 6 nitrogen and oxygen atoms in total. The zero-order valence-corrected chi connectivity index (χ0v) is 15.9. The molecule has 3 aromatic heterocycles. The van der Waals surface area contributed by atoms with Gasteiger partial charge in [0.2, 0.25) is 0 Å². The van der Waals surface area contributed by atoms with E-state index in [1.807, 2.05) is 12.1 Å². The molecular formula is C17H18BrN5OS. The fourth-order valence-electron chi connectivity index (χ4n) is 3.08.